The number of hydrogen-bond acceptors (Lipinski definition) is 4. The lowest BCUT2D eigenvalue weighted by molar-refractivity contribution is 0.0989. The van der Waals surface area contributed by atoms with Crippen molar-refractivity contribution in [2.75, 3.05) is 38.8 Å². The lowest BCUT2D eigenvalue weighted by Crippen LogP contribution is -2.35. The highest BCUT2D eigenvalue weighted by Gasteiger charge is 2.25. The molecule has 1 aliphatic heterocycles. The van der Waals surface area contributed by atoms with Gasteiger partial charge in [0.1, 0.15) is 5.75 Å². The summed E-state index contributed by atoms with van der Waals surface area (Å²) in [4.78, 5) is 26.6. The molecule has 7 heteroatoms. The third-order valence-corrected chi connectivity index (χ3v) is 4.89. The van der Waals surface area contributed by atoms with Crippen LogP contribution in [-0.4, -0.2) is 45.9 Å². The van der Waals surface area contributed by atoms with Crippen LogP contribution in [0, 0.1) is 0 Å². The molecule has 2 N–H and O–H groups in total. The van der Waals surface area contributed by atoms with Gasteiger partial charge in [-0.1, -0.05) is 12.1 Å². The number of hydrogen-bond donors (Lipinski definition) is 2. The zero-order valence-electron chi connectivity index (χ0n) is 16.9. The maximum Gasteiger partial charge on any atom is 0.315 e. The van der Waals surface area contributed by atoms with Crippen molar-refractivity contribution < 1.29 is 19.1 Å². The predicted molar refractivity (Wildman–Crippen MR) is 112 cm³/mol. The maximum atomic E-state index is 13.0. The van der Waals surface area contributed by atoms with Crippen LogP contribution in [0.4, 0.5) is 10.5 Å². The fourth-order valence-electron chi connectivity index (χ4n) is 3.30. The number of nitrogens with zero attached hydrogens (tertiary/aromatic N) is 1. The molecule has 0 saturated carbocycles. The van der Waals surface area contributed by atoms with E-state index < -0.39 is 0 Å². The topological polar surface area (TPSA) is 79.9 Å². The molecule has 2 aromatic carbocycles. The lowest BCUT2D eigenvalue weighted by Gasteiger charge is -2.18. The largest absolute Gasteiger partial charge is 0.497 e. The van der Waals surface area contributed by atoms with Crippen molar-refractivity contribution >= 4 is 17.6 Å². The van der Waals surface area contributed by atoms with Crippen molar-refractivity contribution in [1.82, 2.24) is 10.6 Å². The first-order valence-electron chi connectivity index (χ1n) is 9.70. The second kappa shape index (κ2) is 9.93. The summed E-state index contributed by atoms with van der Waals surface area (Å²) in [6, 6.07) is 12.9. The molecule has 3 amide bonds. The summed E-state index contributed by atoms with van der Waals surface area (Å²) in [5.41, 5.74) is 3.62. The van der Waals surface area contributed by atoms with E-state index in [9.17, 15) is 9.59 Å². The molecule has 7 nitrogen and oxygen atoms in total. The van der Waals surface area contributed by atoms with E-state index in [1.807, 2.05) is 18.2 Å². The summed E-state index contributed by atoms with van der Waals surface area (Å²) in [5, 5.41) is 5.64. The van der Waals surface area contributed by atoms with Gasteiger partial charge in [-0.2, -0.15) is 0 Å². The minimum atomic E-state index is -0.215. The van der Waals surface area contributed by atoms with E-state index in [0.29, 0.717) is 31.8 Å². The lowest BCUT2D eigenvalue weighted by atomic mass is 10.1. The highest BCUT2D eigenvalue weighted by Crippen LogP contribution is 2.30. The first-order valence-corrected chi connectivity index (χ1v) is 9.70. The molecule has 0 unspecified atom stereocenters. The Morgan fingerprint density at radius 2 is 1.86 bits per heavy atom. The summed E-state index contributed by atoms with van der Waals surface area (Å²) in [6.45, 7) is 2.22. The number of anilines is 1. The van der Waals surface area contributed by atoms with Crippen molar-refractivity contribution in [3.05, 3.63) is 59.2 Å². The number of methoxy groups -OCH3 is 2. The number of nitrogens with one attached hydrogen (secondary N) is 2. The number of benzene rings is 2. The average Bonchev–Trinajstić information content (AvgIpc) is 3.18. The van der Waals surface area contributed by atoms with Crippen LogP contribution in [0.5, 0.6) is 5.75 Å². The molecule has 154 valence electrons. The van der Waals surface area contributed by atoms with Crippen LogP contribution >= 0.6 is 0 Å². The minimum Gasteiger partial charge on any atom is -0.497 e. The van der Waals surface area contributed by atoms with Gasteiger partial charge in [-0.15, -0.1) is 0 Å². The fourth-order valence-corrected chi connectivity index (χ4v) is 3.30. The highest BCUT2D eigenvalue weighted by atomic mass is 16.5. The minimum absolute atomic E-state index is 0.0348. The Morgan fingerprint density at radius 3 is 2.59 bits per heavy atom. The van der Waals surface area contributed by atoms with Crippen LogP contribution < -0.4 is 20.3 Å². The van der Waals surface area contributed by atoms with Gasteiger partial charge in [0.05, 0.1) is 7.11 Å². The van der Waals surface area contributed by atoms with Gasteiger partial charge in [0.2, 0.25) is 0 Å². The number of rotatable bonds is 8. The van der Waals surface area contributed by atoms with Gasteiger partial charge >= 0.3 is 6.03 Å². The number of carbonyl (C=O) groups is 2. The first kappa shape index (κ1) is 20.7. The van der Waals surface area contributed by atoms with Gasteiger partial charge in [-0.05, 0) is 54.3 Å². The van der Waals surface area contributed by atoms with Crippen LogP contribution in [0.15, 0.2) is 42.5 Å². The van der Waals surface area contributed by atoms with Gasteiger partial charge < -0.3 is 25.0 Å². The third-order valence-electron chi connectivity index (χ3n) is 4.89. The molecule has 0 fully saturated rings. The van der Waals surface area contributed by atoms with Gasteiger partial charge in [-0.25, -0.2) is 4.79 Å². The number of carbonyl (C=O) groups excluding carboxylic acids is 2. The van der Waals surface area contributed by atoms with Crippen LogP contribution in [0.1, 0.15) is 27.9 Å². The van der Waals surface area contributed by atoms with Crippen LogP contribution in [-0.2, 0) is 17.7 Å². The number of urea groups is 1. The molecule has 0 atom stereocenters. The Labute approximate surface area is 171 Å². The number of fused-ring (bicyclic) bond motifs is 1. The molecule has 0 aliphatic carbocycles. The quantitative estimate of drug-likeness (QED) is 0.672. The Balaban J connectivity index is 1.62. The third kappa shape index (κ3) is 5.26. The standard InChI is InChI=1S/C22H27N3O4/c1-28-13-3-11-23-22(27)24-15-16-4-5-17-10-12-25(20(17)14-16)21(26)18-6-8-19(29-2)9-7-18/h4-9,14H,3,10-13,15H2,1-2H3,(H2,23,24,27). The summed E-state index contributed by atoms with van der Waals surface area (Å²) >= 11 is 0. The van der Waals surface area contributed by atoms with Crippen molar-refractivity contribution in [1.29, 1.82) is 0 Å². The van der Waals surface area contributed by atoms with E-state index in [0.717, 1.165) is 35.4 Å². The van der Waals surface area contributed by atoms with E-state index in [4.69, 9.17) is 9.47 Å². The van der Waals surface area contributed by atoms with E-state index in [-0.39, 0.29) is 11.9 Å². The van der Waals surface area contributed by atoms with E-state index in [1.165, 1.54) is 0 Å². The van der Waals surface area contributed by atoms with Crippen molar-refractivity contribution in [3.63, 3.8) is 0 Å². The van der Waals surface area contributed by atoms with E-state index in [2.05, 4.69) is 10.6 Å². The molecular formula is C22H27N3O4. The molecule has 29 heavy (non-hydrogen) atoms. The molecule has 1 heterocycles. The zero-order chi connectivity index (χ0) is 20.6. The maximum absolute atomic E-state index is 13.0. The molecule has 1 aliphatic rings. The molecule has 0 spiro atoms. The van der Waals surface area contributed by atoms with Gasteiger partial charge in [-0.3, -0.25) is 4.79 Å². The summed E-state index contributed by atoms with van der Waals surface area (Å²) in [6.07, 6.45) is 1.59. The second-order valence-corrected chi connectivity index (χ2v) is 6.85. The molecular weight excluding hydrogens is 370 g/mol. The molecule has 2 aromatic rings. The highest BCUT2D eigenvalue weighted by molar-refractivity contribution is 6.07. The first-order chi connectivity index (χ1) is 14.1. The van der Waals surface area contributed by atoms with Gasteiger partial charge in [0.25, 0.3) is 5.91 Å². The van der Waals surface area contributed by atoms with Gasteiger partial charge in [0.15, 0.2) is 0 Å². The molecule has 0 saturated heterocycles. The molecule has 0 bridgehead atoms. The second-order valence-electron chi connectivity index (χ2n) is 6.85. The molecule has 3 rings (SSSR count). The predicted octanol–water partition coefficient (Wildman–Crippen LogP) is 2.73. The van der Waals surface area contributed by atoms with Crippen LogP contribution in [0.2, 0.25) is 0 Å². The Bertz CT molecular complexity index is 852. The van der Waals surface area contributed by atoms with E-state index in [1.54, 1.807) is 43.4 Å². The molecule has 0 aromatic heterocycles. The van der Waals surface area contributed by atoms with E-state index >= 15 is 0 Å². The average molecular weight is 397 g/mol. The van der Waals surface area contributed by atoms with Crippen LogP contribution in [0.3, 0.4) is 0 Å². The zero-order valence-corrected chi connectivity index (χ0v) is 16.9. The van der Waals surface area contributed by atoms with Gasteiger partial charge in [0, 0.05) is 44.6 Å². The van der Waals surface area contributed by atoms with Crippen molar-refractivity contribution in [2.45, 2.75) is 19.4 Å². The SMILES string of the molecule is COCCCNC(=O)NCc1ccc2c(c1)N(C(=O)c1ccc(OC)cc1)CC2. The Hall–Kier alpha value is -3.06. The number of amides is 3. The Morgan fingerprint density at radius 1 is 1.07 bits per heavy atom. The van der Waals surface area contributed by atoms with Crippen molar-refractivity contribution in [2.24, 2.45) is 0 Å². The summed E-state index contributed by atoms with van der Waals surface area (Å²) in [7, 11) is 3.24. The monoisotopic (exact) mass is 397 g/mol. The summed E-state index contributed by atoms with van der Waals surface area (Å²) in [5.74, 6) is 0.685. The smallest absolute Gasteiger partial charge is 0.315 e. The Kier molecular flexibility index (Phi) is 7.08. The molecule has 0 radical (unpaired) electrons. The van der Waals surface area contributed by atoms with Crippen LogP contribution in [0.25, 0.3) is 0 Å². The fraction of sp³-hybridized carbons (Fsp3) is 0.364. The summed E-state index contributed by atoms with van der Waals surface area (Å²) < 4.78 is 10.1. The normalized spacial score (nSPS) is 12.4. The van der Waals surface area contributed by atoms with Crippen molar-refractivity contribution in [3.8, 4) is 5.75 Å². The number of ether oxygens (including phenoxy) is 2.